The highest BCUT2D eigenvalue weighted by Crippen LogP contribution is 2.65. The van der Waals surface area contributed by atoms with Crippen molar-refractivity contribution < 1.29 is 48.0 Å². The van der Waals surface area contributed by atoms with Gasteiger partial charge >= 0.3 is 17.9 Å². The zero-order valence-corrected chi connectivity index (χ0v) is 35.4. The van der Waals surface area contributed by atoms with Gasteiger partial charge in [0.25, 0.3) is 0 Å². The van der Waals surface area contributed by atoms with Crippen LogP contribution in [0.5, 0.6) is 5.75 Å². The quantitative estimate of drug-likeness (QED) is 0.0856. The molecule has 0 unspecified atom stereocenters. The van der Waals surface area contributed by atoms with Crippen LogP contribution in [-0.4, -0.2) is 91.2 Å². The van der Waals surface area contributed by atoms with Crippen molar-refractivity contribution in [2.75, 3.05) is 45.8 Å². The SMILES string of the molecule is COC(=O)C(CC#Cc1ccc2c(c1)[C@]1(C(=O)N2)[C@H](C(=O)N2CCCCCCC2)[C@H]2C(=O)O[C@H](c3ccccc3)[C@H](c3ccccc3)N2[C@@H]1c1ccc(OCCO)cc1)C(=O)OC. The monoisotopic (exact) mass is 853 g/mol. The van der Waals surface area contributed by atoms with E-state index in [4.69, 9.17) is 18.9 Å². The number of anilines is 1. The number of benzene rings is 4. The number of amides is 2. The van der Waals surface area contributed by atoms with E-state index in [9.17, 15) is 14.7 Å². The first-order valence-corrected chi connectivity index (χ1v) is 21.5. The van der Waals surface area contributed by atoms with Crippen LogP contribution in [0.3, 0.4) is 0 Å². The number of esters is 3. The molecule has 0 bridgehead atoms. The summed E-state index contributed by atoms with van der Waals surface area (Å²) in [5.41, 5.74) is 1.92. The number of fused-ring (bicyclic) bond motifs is 3. The van der Waals surface area contributed by atoms with Crippen LogP contribution in [0.4, 0.5) is 5.69 Å². The molecule has 4 aliphatic heterocycles. The molecule has 13 heteroatoms. The van der Waals surface area contributed by atoms with E-state index < -0.39 is 65.3 Å². The second-order valence-electron chi connectivity index (χ2n) is 16.3. The predicted octanol–water partition coefficient (Wildman–Crippen LogP) is 5.83. The smallest absolute Gasteiger partial charge is 0.324 e. The third-order valence-electron chi connectivity index (χ3n) is 12.8. The van der Waals surface area contributed by atoms with Gasteiger partial charge in [0.2, 0.25) is 11.8 Å². The largest absolute Gasteiger partial charge is 0.491 e. The van der Waals surface area contributed by atoms with Crippen molar-refractivity contribution in [2.24, 2.45) is 11.8 Å². The van der Waals surface area contributed by atoms with Gasteiger partial charge in [-0.05, 0) is 65.4 Å². The summed E-state index contributed by atoms with van der Waals surface area (Å²) >= 11 is 0. The van der Waals surface area contributed by atoms with E-state index in [0.29, 0.717) is 41.2 Å². The molecule has 1 spiro atoms. The predicted molar refractivity (Wildman–Crippen MR) is 231 cm³/mol. The van der Waals surface area contributed by atoms with Gasteiger partial charge in [-0.25, -0.2) is 0 Å². The molecule has 8 rings (SSSR count). The first-order valence-electron chi connectivity index (χ1n) is 21.5. The van der Waals surface area contributed by atoms with Gasteiger partial charge in [0, 0.05) is 30.8 Å². The van der Waals surface area contributed by atoms with Crippen molar-refractivity contribution in [3.05, 3.63) is 131 Å². The Bertz CT molecular complexity index is 2370. The summed E-state index contributed by atoms with van der Waals surface area (Å²) in [6.45, 7) is 0.850. The average Bonchev–Trinajstić information content (AvgIpc) is 3.78. The number of nitrogens with one attached hydrogen (secondary N) is 1. The summed E-state index contributed by atoms with van der Waals surface area (Å²) in [5, 5.41) is 12.7. The number of carbonyl (C=O) groups is 5. The summed E-state index contributed by atoms with van der Waals surface area (Å²) in [4.78, 5) is 75.4. The van der Waals surface area contributed by atoms with E-state index >= 15 is 14.4 Å². The third-order valence-corrected chi connectivity index (χ3v) is 12.8. The molecular formula is C50H51N3O10. The Kier molecular flexibility index (Phi) is 12.9. The highest BCUT2D eigenvalue weighted by Gasteiger charge is 2.74. The maximum atomic E-state index is 15.8. The second kappa shape index (κ2) is 18.9. The number of likely N-dealkylation sites (tertiary alicyclic amines) is 1. The first-order chi connectivity index (χ1) is 30.7. The summed E-state index contributed by atoms with van der Waals surface area (Å²) in [6, 6.07) is 28.9. The number of carbonyl (C=O) groups excluding carboxylic acids is 5. The zero-order valence-electron chi connectivity index (χ0n) is 35.4. The fourth-order valence-corrected chi connectivity index (χ4v) is 10.0. The van der Waals surface area contributed by atoms with Crippen molar-refractivity contribution in [3.63, 3.8) is 0 Å². The number of methoxy groups -OCH3 is 2. The highest BCUT2D eigenvalue weighted by atomic mass is 16.6. The Hall–Kier alpha value is -6.49. The topological polar surface area (TPSA) is 161 Å². The molecule has 6 atom stereocenters. The number of hydrogen-bond donors (Lipinski definition) is 2. The summed E-state index contributed by atoms with van der Waals surface area (Å²) in [7, 11) is 2.37. The lowest BCUT2D eigenvalue weighted by Gasteiger charge is -2.46. The molecule has 4 aromatic rings. The Balaban J connectivity index is 1.38. The number of morpholine rings is 1. The van der Waals surface area contributed by atoms with Gasteiger partial charge in [0.15, 0.2) is 5.92 Å². The molecule has 3 fully saturated rings. The molecule has 2 N–H and O–H groups in total. The molecule has 0 aliphatic carbocycles. The van der Waals surface area contributed by atoms with Crippen LogP contribution < -0.4 is 10.1 Å². The Morgan fingerprint density at radius 3 is 2.08 bits per heavy atom. The molecule has 4 aliphatic rings. The number of rotatable bonds is 10. The molecule has 13 nitrogen and oxygen atoms in total. The fraction of sp³-hybridized carbons (Fsp3) is 0.380. The van der Waals surface area contributed by atoms with E-state index in [1.54, 1.807) is 30.3 Å². The van der Waals surface area contributed by atoms with Crippen LogP contribution >= 0.6 is 0 Å². The third kappa shape index (κ3) is 8.05. The molecule has 2 amide bonds. The maximum absolute atomic E-state index is 15.8. The molecule has 4 aromatic carbocycles. The lowest BCUT2D eigenvalue weighted by atomic mass is 9.65. The molecule has 63 heavy (non-hydrogen) atoms. The molecule has 326 valence electrons. The van der Waals surface area contributed by atoms with E-state index in [1.165, 1.54) is 14.2 Å². The minimum Gasteiger partial charge on any atom is -0.491 e. The molecule has 4 heterocycles. The lowest BCUT2D eigenvalue weighted by Crippen LogP contribution is -2.55. The number of cyclic esters (lactones) is 1. The van der Waals surface area contributed by atoms with Crippen LogP contribution in [0.25, 0.3) is 0 Å². The van der Waals surface area contributed by atoms with Gasteiger partial charge in [-0.15, -0.1) is 0 Å². The maximum Gasteiger partial charge on any atom is 0.324 e. The zero-order chi connectivity index (χ0) is 44.1. The standard InChI is InChI=1S/C50H51N3O10/c1-60-46(56)37(47(57)61-2)20-14-15-32-21-26-39-38(31-32)50(49(59)51-39)40(45(55)52-27-12-4-3-5-13-28-52)42-48(58)63-43(34-18-10-7-11-19-34)41(33-16-8-6-9-17-33)53(42)44(50)35-22-24-36(25-23-35)62-30-29-54/h6-11,16-19,21-26,31,37,40-44,54H,3-5,12-13,20,27-30H2,1-2H3,(H,51,59)/t40-,41-,42-,43+,44+,50-/m0/s1. The van der Waals surface area contributed by atoms with Crippen molar-refractivity contribution >= 4 is 35.4 Å². The normalized spacial score (nSPS) is 24.2. The second-order valence-corrected chi connectivity index (χ2v) is 16.3. The van der Waals surface area contributed by atoms with E-state index in [-0.39, 0.29) is 25.5 Å². The summed E-state index contributed by atoms with van der Waals surface area (Å²) in [5.74, 6) is 1.07. The average molecular weight is 854 g/mol. The van der Waals surface area contributed by atoms with Crippen molar-refractivity contribution in [3.8, 4) is 17.6 Å². The molecular weight excluding hydrogens is 803 g/mol. The fourth-order valence-electron chi connectivity index (χ4n) is 10.0. The van der Waals surface area contributed by atoms with E-state index in [1.807, 2.05) is 77.7 Å². The number of aliphatic hydroxyl groups is 1. The van der Waals surface area contributed by atoms with Gasteiger partial charge in [0.1, 0.15) is 29.9 Å². The molecule has 3 saturated heterocycles. The number of ether oxygens (including phenoxy) is 4. The lowest BCUT2D eigenvalue weighted by molar-refractivity contribution is -0.179. The van der Waals surface area contributed by atoms with E-state index in [2.05, 4.69) is 22.1 Å². The molecule has 0 saturated carbocycles. The van der Waals surface area contributed by atoms with Crippen LogP contribution in [0.1, 0.15) is 84.5 Å². The minimum absolute atomic E-state index is 0.0770. The number of hydrogen-bond acceptors (Lipinski definition) is 11. The molecule has 0 aromatic heterocycles. The summed E-state index contributed by atoms with van der Waals surface area (Å²) < 4.78 is 22.0. The van der Waals surface area contributed by atoms with Crippen LogP contribution in [0.15, 0.2) is 103 Å². The van der Waals surface area contributed by atoms with Crippen molar-refractivity contribution in [1.82, 2.24) is 9.80 Å². The summed E-state index contributed by atoms with van der Waals surface area (Å²) in [6.07, 6.45) is 3.53. The minimum atomic E-state index is -1.72. The first kappa shape index (κ1) is 43.2. The Morgan fingerprint density at radius 1 is 0.810 bits per heavy atom. The van der Waals surface area contributed by atoms with E-state index in [0.717, 1.165) is 43.2 Å². The van der Waals surface area contributed by atoms with Crippen LogP contribution in [0.2, 0.25) is 0 Å². The number of aliphatic hydroxyl groups excluding tert-OH is 1. The van der Waals surface area contributed by atoms with Gasteiger partial charge in [-0.2, -0.15) is 0 Å². The van der Waals surface area contributed by atoms with Crippen LogP contribution in [0, 0.1) is 23.7 Å². The Labute approximate surface area is 366 Å². The van der Waals surface area contributed by atoms with Crippen molar-refractivity contribution in [1.29, 1.82) is 0 Å². The van der Waals surface area contributed by atoms with Gasteiger partial charge in [-0.3, -0.25) is 28.9 Å². The van der Waals surface area contributed by atoms with Crippen molar-refractivity contribution in [2.45, 2.75) is 68.2 Å². The number of nitrogens with zero attached hydrogens (tertiary/aromatic N) is 2. The van der Waals surface area contributed by atoms with Gasteiger partial charge < -0.3 is 34.3 Å². The highest BCUT2D eigenvalue weighted by molar-refractivity contribution is 6.12. The van der Waals surface area contributed by atoms with Crippen LogP contribution in [-0.2, 0) is 43.6 Å². The van der Waals surface area contributed by atoms with Gasteiger partial charge in [-0.1, -0.05) is 104 Å². The Morgan fingerprint density at radius 2 is 1.44 bits per heavy atom. The molecule has 0 radical (unpaired) electrons. The van der Waals surface area contributed by atoms with Gasteiger partial charge in [0.05, 0.1) is 38.8 Å².